The molecule has 0 fully saturated rings. The number of carbonyl (C=O) groups excluding carboxylic acids is 1. The van der Waals surface area contributed by atoms with Gasteiger partial charge in [0.2, 0.25) is 0 Å². The largest absolute Gasteiger partial charge is 0.469 e. The monoisotopic (exact) mass is 396 g/mol. The van der Waals surface area contributed by atoms with Gasteiger partial charge in [0.25, 0.3) is 0 Å². The van der Waals surface area contributed by atoms with Gasteiger partial charge in [-0.05, 0) is 23.6 Å². The molecule has 4 nitrogen and oxygen atoms in total. The molecular weight excluding hydrogens is 372 g/mol. The van der Waals surface area contributed by atoms with Gasteiger partial charge in [-0.2, -0.15) is 0 Å². The Bertz CT molecular complexity index is 1010. The molecule has 0 spiro atoms. The van der Waals surface area contributed by atoms with Crippen LogP contribution >= 0.6 is 0 Å². The fourth-order valence-corrected chi connectivity index (χ4v) is 4.03. The van der Waals surface area contributed by atoms with Crippen molar-refractivity contribution in [2.45, 2.75) is 18.4 Å². The molecule has 1 heterocycles. The van der Waals surface area contributed by atoms with E-state index in [4.69, 9.17) is 4.74 Å². The van der Waals surface area contributed by atoms with Gasteiger partial charge in [-0.25, -0.2) is 4.98 Å². The lowest BCUT2D eigenvalue weighted by Crippen LogP contribution is -2.37. The summed E-state index contributed by atoms with van der Waals surface area (Å²) < 4.78 is 7.03. The van der Waals surface area contributed by atoms with Crippen LogP contribution in [0.4, 0.5) is 0 Å². The third-order valence-corrected chi connectivity index (χ3v) is 5.56. The molecule has 30 heavy (non-hydrogen) atoms. The fourth-order valence-electron chi connectivity index (χ4n) is 4.03. The van der Waals surface area contributed by atoms with Crippen LogP contribution in [0.3, 0.4) is 0 Å². The minimum atomic E-state index is -0.634. The standard InChI is InChI=1S/C26H24N2O2/c1-20(25(29)30-2)24-18-28(19-27-24)26(21-12-6-3-7-13-21,22-14-8-4-9-15-22)23-16-10-5-11-17-23/h3-20H,1-2H3/t20-/m0/s1. The average Bonchev–Trinajstić information content (AvgIpc) is 3.31. The van der Waals surface area contributed by atoms with Crippen molar-refractivity contribution in [3.8, 4) is 0 Å². The highest BCUT2D eigenvalue weighted by Crippen LogP contribution is 2.41. The van der Waals surface area contributed by atoms with Crippen LogP contribution in [-0.4, -0.2) is 22.6 Å². The van der Waals surface area contributed by atoms with Gasteiger partial charge >= 0.3 is 5.97 Å². The minimum absolute atomic E-state index is 0.301. The van der Waals surface area contributed by atoms with Gasteiger partial charge in [-0.3, -0.25) is 4.79 Å². The van der Waals surface area contributed by atoms with Crippen molar-refractivity contribution in [2.24, 2.45) is 0 Å². The molecule has 0 bridgehead atoms. The van der Waals surface area contributed by atoms with E-state index >= 15 is 0 Å². The van der Waals surface area contributed by atoms with E-state index in [1.807, 2.05) is 74.0 Å². The second-order valence-corrected chi connectivity index (χ2v) is 7.26. The Kier molecular flexibility index (Phi) is 5.48. The minimum Gasteiger partial charge on any atom is -0.469 e. The van der Waals surface area contributed by atoms with Crippen molar-refractivity contribution in [2.75, 3.05) is 7.11 Å². The molecule has 150 valence electrons. The molecule has 4 heteroatoms. The zero-order valence-electron chi connectivity index (χ0n) is 17.1. The lowest BCUT2D eigenvalue weighted by molar-refractivity contribution is -0.142. The summed E-state index contributed by atoms with van der Waals surface area (Å²) in [6, 6.07) is 31.1. The molecule has 1 atom stereocenters. The first-order valence-electron chi connectivity index (χ1n) is 9.96. The normalized spacial score (nSPS) is 12.3. The first-order chi connectivity index (χ1) is 14.7. The Morgan fingerprint density at radius 3 is 1.67 bits per heavy atom. The SMILES string of the molecule is COC(=O)[C@@H](C)c1cn(C(c2ccccc2)(c2ccccc2)c2ccccc2)cn1. The van der Waals surface area contributed by atoms with Crippen molar-refractivity contribution in [3.05, 3.63) is 126 Å². The zero-order chi connectivity index (χ0) is 21.0. The number of imidazole rings is 1. The van der Waals surface area contributed by atoms with Crippen LogP contribution in [-0.2, 0) is 15.1 Å². The van der Waals surface area contributed by atoms with E-state index in [1.165, 1.54) is 7.11 Å². The molecule has 0 amide bonds. The van der Waals surface area contributed by atoms with Crippen molar-refractivity contribution >= 4 is 5.97 Å². The van der Waals surface area contributed by atoms with Crippen LogP contribution in [0.15, 0.2) is 104 Å². The molecule has 0 aliphatic carbocycles. The predicted molar refractivity (Wildman–Crippen MR) is 117 cm³/mol. The number of esters is 1. The number of nitrogens with zero attached hydrogens (tertiary/aromatic N) is 2. The molecule has 0 aliphatic rings. The highest BCUT2D eigenvalue weighted by molar-refractivity contribution is 5.76. The van der Waals surface area contributed by atoms with Gasteiger partial charge in [0.15, 0.2) is 0 Å². The van der Waals surface area contributed by atoms with Gasteiger partial charge in [-0.15, -0.1) is 0 Å². The third-order valence-electron chi connectivity index (χ3n) is 5.56. The molecule has 0 radical (unpaired) electrons. The lowest BCUT2D eigenvalue weighted by Gasteiger charge is -2.37. The second kappa shape index (κ2) is 8.37. The Morgan fingerprint density at radius 1 is 0.833 bits per heavy atom. The summed E-state index contributed by atoms with van der Waals surface area (Å²) in [5.41, 5.74) is 3.37. The molecule has 0 unspecified atom stereocenters. The van der Waals surface area contributed by atoms with E-state index in [-0.39, 0.29) is 5.97 Å². The van der Waals surface area contributed by atoms with Crippen molar-refractivity contribution in [3.63, 3.8) is 0 Å². The molecule has 0 aliphatic heterocycles. The quantitative estimate of drug-likeness (QED) is 0.340. The van der Waals surface area contributed by atoms with Gasteiger partial charge in [0.05, 0.1) is 25.0 Å². The molecule has 1 aromatic heterocycles. The maximum atomic E-state index is 12.1. The zero-order valence-corrected chi connectivity index (χ0v) is 17.1. The van der Waals surface area contributed by atoms with Crippen molar-refractivity contribution in [1.29, 1.82) is 0 Å². The van der Waals surface area contributed by atoms with E-state index in [0.717, 1.165) is 16.7 Å². The fraction of sp³-hybridized carbons (Fsp3) is 0.154. The molecule has 4 aromatic rings. The van der Waals surface area contributed by atoms with Crippen molar-refractivity contribution < 1.29 is 9.53 Å². The summed E-state index contributed by atoms with van der Waals surface area (Å²) in [5, 5.41) is 0. The summed E-state index contributed by atoms with van der Waals surface area (Å²) in [5.74, 6) is -0.749. The summed E-state index contributed by atoms with van der Waals surface area (Å²) >= 11 is 0. The third kappa shape index (κ3) is 3.30. The highest BCUT2D eigenvalue weighted by atomic mass is 16.5. The van der Waals surface area contributed by atoms with Crippen LogP contribution in [0.5, 0.6) is 0 Å². The Labute approximate surface area is 176 Å². The Balaban J connectivity index is 2.02. The molecule has 3 aromatic carbocycles. The molecule has 0 N–H and O–H groups in total. The van der Waals surface area contributed by atoms with Crippen LogP contribution < -0.4 is 0 Å². The first-order valence-corrected chi connectivity index (χ1v) is 9.96. The second-order valence-electron chi connectivity index (χ2n) is 7.26. The molecule has 0 saturated heterocycles. The van der Waals surface area contributed by atoms with E-state index in [2.05, 4.69) is 45.9 Å². The number of hydrogen-bond acceptors (Lipinski definition) is 3. The summed E-state index contributed by atoms with van der Waals surface area (Å²) in [7, 11) is 1.40. The van der Waals surface area contributed by atoms with Crippen molar-refractivity contribution in [1.82, 2.24) is 9.55 Å². The molecule has 0 saturated carbocycles. The van der Waals surface area contributed by atoms with E-state index in [0.29, 0.717) is 5.69 Å². The number of ether oxygens (including phenoxy) is 1. The highest BCUT2D eigenvalue weighted by Gasteiger charge is 2.38. The van der Waals surface area contributed by atoms with E-state index in [1.54, 1.807) is 0 Å². The first kappa shape index (κ1) is 19.6. The van der Waals surface area contributed by atoms with Crippen LogP contribution in [0.2, 0.25) is 0 Å². The molecule has 4 rings (SSSR count). The topological polar surface area (TPSA) is 44.1 Å². The molecular formula is C26H24N2O2. The average molecular weight is 396 g/mol. The number of methoxy groups -OCH3 is 1. The number of hydrogen-bond donors (Lipinski definition) is 0. The predicted octanol–water partition coefficient (Wildman–Crippen LogP) is 5.00. The maximum Gasteiger partial charge on any atom is 0.314 e. The number of rotatable bonds is 6. The van der Waals surface area contributed by atoms with Crippen LogP contribution in [0.25, 0.3) is 0 Å². The van der Waals surface area contributed by atoms with Gasteiger partial charge in [0.1, 0.15) is 5.54 Å². The maximum absolute atomic E-state index is 12.1. The summed E-state index contributed by atoms with van der Waals surface area (Å²) in [4.78, 5) is 16.7. The number of aromatic nitrogens is 2. The van der Waals surface area contributed by atoms with Crippen LogP contribution in [0.1, 0.15) is 35.2 Å². The Morgan fingerprint density at radius 2 is 1.27 bits per heavy atom. The van der Waals surface area contributed by atoms with Crippen LogP contribution in [0, 0.1) is 0 Å². The van der Waals surface area contributed by atoms with Gasteiger partial charge < -0.3 is 9.30 Å². The van der Waals surface area contributed by atoms with Gasteiger partial charge in [0, 0.05) is 6.20 Å². The number of carbonyl (C=O) groups is 1. The van der Waals surface area contributed by atoms with Gasteiger partial charge in [-0.1, -0.05) is 91.0 Å². The Hall–Kier alpha value is -3.66. The lowest BCUT2D eigenvalue weighted by atomic mass is 9.76. The smallest absolute Gasteiger partial charge is 0.314 e. The number of benzene rings is 3. The van der Waals surface area contributed by atoms with E-state index < -0.39 is 11.5 Å². The summed E-state index contributed by atoms with van der Waals surface area (Å²) in [6.07, 6.45) is 3.76. The van der Waals surface area contributed by atoms with E-state index in [9.17, 15) is 4.79 Å². The summed E-state index contributed by atoms with van der Waals surface area (Å²) in [6.45, 7) is 1.81.